The van der Waals surface area contributed by atoms with Crippen molar-refractivity contribution in [3.8, 4) is 11.5 Å². The Kier molecular flexibility index (Phi) is 7.32. The Bertz CT molecular complexity index is 874. The van der Waals surface area contributed by atoms with Crippen molar-refractivity contribution < 1.29 is 23.8 Å². The summed E-state index contributed by atoms with van der Waals surface area (Å²) in [6.45, 7) is 7.98. The van der Waals surface area contributed by atoms with Crippen molar-refractivity contribution >= 4 is 12.0 Å². The highest BCUT2D eigenvalue weighted by atomic mass is 16.6. The van der Waals surface area contributed by atoms with E-state index in [0.717, 1.165) is 43.9 Å². The molecular weight excluding hydrogens is 422 g/mol. The summed E-state index contributed by atoms with van der Waals surface area (Å²) >= 11 is 0. The molecular formula is C25H37N3O5. The topological polar surface area (TPSA) is 80.3 Å². The van der Waals surface area contributed by atoms with Gasteiger partial charge in [-0.15, -0.1) is 0 Å². The van der Waals surface area contributed by atoms with Crippen LogP contribution in [-0.4, -0.2) is 75.4 Å². The number of rotatable bonds is 6. The lowest BCUT2D eigenvalue weighted by atomic mass is 9.74. The average Bonchev–Trinajstić information content (AvgIpc) is 2.81. The van der Waals surface area contributed by atoms with Gasteiger partial charge >= 0.3 is 6.09 Å². The quantitative estimate of drug-likeness (QED) is 0.705. The molecule has 4 rings (SSSR count). The third kappa shape index (κ3) is 5.21. The molecule has 3 atom stereocenters. The first-order chi connectivity index (χ1) is 15.9. The Morgan fingerprint density at radius 2 is 1.91 bits per heavy atom. The maximum atomic E-state index is 12.6. The molecule has 8 nitrogen and oxygen atoms in total. The number of benzene rings is 1. The third-order valence-electron chi connectivity index (χ3n) is 7.27. The van der Waals surface area contributed by atoms with Crippen LogP contribution in [-0.2, 0) is 16.0 Å². The van der Waals surface area contributed by atoms with Crippen LogP contribution in [0.4, 0.5) is 4.79 Å². The van der Waals surface area contributed by atoms with Crippen LogP contribution in [0.5, 0.6) is 11.5 Å². The van der Waals surface area contributed by atoms with Gasteiger partial charge in [0.25, 0.3) is 0 Å². The first-order valence-corrected chi connectivity index (χ1v) is 12.1. The van der Waals surface area contributed by atoms with Gasteiger partial charge in [-0.3, -0.25) is 14.6 Å². The zero-order valence-corrected chi connectivity index (χ0v) is 20.3. The smallest absolute Gasteiger partial charge is 0.410 e. The van der Waals surface area contributed by atoms with Gasteiger partial charge in [-0.2, -0.15) is 0 Å². The lowest BCUT2D eigenvalue weighted by Gasteiger charge is -2.47. The van der Waals surface area contributed by atoms with E-state index in [0.29, 0.717) is 31.5 Å². The number of fused-ring (bicyclic) bond motifs is 3. The van der Waals surface area contributed by atoms with Crippen LogP contribution in [0.25, 0.3) is 0 Å². The molecule has 0 saturated carbocycles. The molecule has 3 heterocycles. The molecule has 2 amide bonds. The van der Waals surface area contributed by atoms with E-state index in [2.05, 4.69) is 36.2 Å². The lowest BCUT2D eigenvalue weighted by Crippen LogP contribution is -2.51. The zero-order valence-electron chi connectivity index (χ0n) is 20.3. The summed E-state index contributed by atoms with van der Waals surface area (Å²) in [6, 6.07) is 4.52. The van der Waals surface area contributed by atoms with E-state index in [9.17, 15) is 9.59 Å². The van der Waals surface area contributed by atoms with Crippen LogP contribution in [0, 0.1) is 17.8 Å². The molecule has 0 aromatic heterocycles. The monoisotopic (exact) mass is 459 g/mol. The minimum atomic E-state index is -0.383. The van der Waals surface area contributed by atoms with Crippen molar-refractivity contribution in [2.75, 3.05) is 53.6 Å². The lowest BCUT2D eigenvalue weighted by molar-refractivity contribution is -0.123. The number of nitrogens with one attached hydrogen (secondary N) is 1. The number of hydrogen-bond acceptors (Lipinski definition) is 6. The first kappa shape index (κ1) is 23.7. The fraction of sp³-hybridized carbons (Fsp3) is 0.680. The molecule has 3 aliphatic rings. The second-order valence-corrected chi connectivity index (χ2v) is 9.90. The molecule has 2 fully saturated rings. The van der Waals surface area contributed by atoms with E-state index in [1.807, 2.05) is 0 Å². The number of ether oxygens (including phenoxy) is 3. The van der Waals surface area contributed by atoms with Gasteiger partial charge in [0.05, 0.1) is 20.8 Å². The minimum absolute atomic E-state index is 0.0737. The second-order valence-electron chi connectivity index (χ2n) is 9.90. The maximum absolute atomic E-state index is 12.6. The summed E-state index contributed by atoms with van der Waals surface area (Å²) < 4.78 is 16.9. The second kappa shape index (κ2) is 10.2. The van der Waals surface area contributed by atoms with Gasteiger partial charge in [0, 0.05) is 32.2 Å². The molecule has 8 heteroatoms. The molecule has 0 bridgehead atoms. The minimum Gasteiger partial charge on any atom is -0.493 e. The molecule has 182 valence electrons. The van der Waals surface area contributed by atoms with E-state index < -0.39 is 0 Å². The predicted octanol–water partition coefficient (Wildman–Crippen LogP) is 2.85. The van der Waals surface area contributed by atoms with E-state index >= 15 is 0 Å². The van der Waals surface area contributed by atoms with Gasteiger partial charge in [-0.1, -0.05) is 13.8 Å². The SMILES string of the molecule is COc1cc2c(cc1OC)C1CC(COC(=O)N3CCNC(=O)C3)C(CC(C)C)CN1CC2. The molecule has 1 aromatic rings. The molecule has 0 spiro atoms. The average molecular weight is 460 g/mol. The number of piperidine rings is 1. The fourth-order valence-electron chi connectivity index (χ4n) is 5.64. The van der Waals surface area contributed by atoms with Crippen molar-refractivity contribution in [3.05, 3.63) is 23.3 Å². The summed E-state index contributed by atoms with van der Waals surface area (Å²) in [4.78, 5) is 28.4. The Labute approximate surface area is 196 Å². The fourth-order valence-corrected chi connectivity index (χ4v) is 5.64. The largest absolute Gasteiger partial charge is 0.493 e. The number of carbonyl (C=O) groups is 2. The molecule has 33 heavy (non-hydrogen) atoms. The zero-order chi connectivity index (χ0) is 23.5. The summed E-state index contributed by atoms with van der Waals surface area (Å²) in [5.74, 6) is 2.73. The molecule has 0 radical (unpaired) electrons. The Morgan fingerprint density at radius 3 is 2.61 bits per heavy atom. The molecule has 1 N–H and O–H groups in total. The number of hydrogen-bond donors (Lipinski definition) is 1. The Hall–Kier alpha value is -2.48. The number of amides is 2. The Morgan fingerprint density at radius 1 is 1.15 bits per heavy atom. The molecule has 3 unspecified atom stereocenters. The number of methoxy groups -OCH3 is 2. The van der Waals surface area contributed by atoms with Crippen molar-refractivity contribution in [1.29, 1.82) is 0 Å². The van der Waals surface area contributed by atoms with Gasteiger partial charge in [-0.25, -0.2) is 4.79 Å². The third-order valence-corrected chi connectivity index (χ3v) is 7.27. The van der Waals surface area contributed by atoms with Gasteiger partial charge in [0.2, 0.25) is 5.91 Å². The Balaban J connectivity index is 1.51. The van der Waals surface area contributed by atoms with Gasteiger partial charge in [0.1, 0.15) is 6.54 Å². The summed E-state index contributed by atoms with van der Waals surface area (Å²) in [7, 11) is 3.35. The highest BCUT2D eigenvalue weighted by Gasteiger charge is 2.40. The van der Waals surface area contributed by atoms with Crippen molar-refractivity contribution in [2.45, 2.75) is 39.2 Å². The van der Waals surface area contributed by atoms with Crippen LogP contribution >= 0.6 is 0 Å². The molecule has 3 aliphatic heterocycles. The van der Waals surface area contributed by atoms with Gasteiger partial charge in [0.15, 0.2) is 11.5 Å². The van der Waals surface area contributed by atoms with E-state index in [-0.39, 0.29) is 30.5 Å². The van der Waals surface area contributed by atoms with E-state index in [1.54, 1.807) is 14.2 Å². The van der Waals surface area contributed by atoms with Crippen LogP contribution in [0.2, 0.25) is 0 Å². The first-order valence-electron chi connectivity index (χ1n) is 12.1. The highest BCUT2D eigenvalue weighted by Crippen LogP contribution is 2.45. The molecule has 1 aromatic carbocycles. The normalized spacial score (nSPS) is 25.2. The van der Waals surface area contributed by atoms with Crippen molar-refractivity contribution in [2.24, 2.45) is 17.8 Å². The summed E-state index contributed by atoms with van der Waals surface area (Å²) in [5, 5.41) is 2.75. The molecule has 0 aliphatic carbocycles. The molecule has 2 saturated heterocycles. The number of piperazine rings is 1. The van der Waals surface area contributed by atoms with Crippen molar-refractivity contribution in [1.82, 2.24) is 15.1 Å². The van der Waals surface area contributed by atoms with Crippen LogP contribution in [0.1, 0.15) is 43.9 Å². The standard InChI is InChI=1S/C25H37N3O5/c1-16(2)9-18-13-27-7-5-17-11-22(31-3)23(32-4)12-20(17)21(27)10-19(18)15-33-25(30)28-8-6-26-24(29)14-28/h11-12,16,18-19,21H,5-10,13-15H2,1-4H3,(H,26,29). The van der Waals surface area contributed by atoms with Crippen LogP contribution in [0.3, 0.4) is 0 Å². The van der Waals surface area contributed by atoms with Crippen LogP contribution in [0.15, 0.2) is 12.1 Å². The number of nitrogens with zero attached hydrogens (tertiary/aromatic N) is 2. The van der Waals surface area contributed by atoms with Crippen LogP contribution < -0.4 is 14.8 Å². The summed E-state index contributed by atoms with van der Waals surface area (Å²) in [6.07, 6.45) is 2.66. The number of carbonyl (C=O) groups excluding carboxylic acids is 2. The maximum Gasteiger partial charge on any atom is 0.410 e. The van der Waals surface area contributed by atoms with E-state index in [1.165, 1.54) is 16.0 Å². The van der Waals surface area contributed by atoms with E-state index in [4.69, 9.17) is 14.2 Å². The van der Waals surface area contributed by atoms with Gasteiger partial charge in [-0.05, 0) is 60.3 Å². The highest BCUT2D eigenvalue weighted by molar-refractivity contribution is 5.83. The van der Waals surface area contributed by atoms with Gasteiger partial charge < -0.3 is 19.5 Å². The predicted molar refractivity (Wildman–Crippen MR) is 125 cm³/mol. The summed E-state index contributed by atoms with van der Waals surface area (Å²) in [5.41, 5.74) is 2.61. The van der Waals surface area contributed by atoms with Crippen molar-refractivity contribution in [3.63, 3.8) is 0 Å².